The second-order valence-corrected chi connectivity index (χ2v) is 7.49. The van der Waals surface area contributed by atoms with Crippen molar-refractivity contribution < 1.29 is 4.79 Å². The highest BCUT2D eigenvalue weighted by atomic mass is 32.1. The Balaban J connectivity index is 1.47. The zero-order valence-corrected chi connectivity index (χ0v) is 14.4. The Kier molecular flexibility index (Phi) is 4.98. The van der Waals surface area contributed by atoms with Crippen LogP contribution in [0.3, 0.4) is 0 Å². The summed E-state index contributed by atoms with van der Waals surface area (Å²) in [5, 5.41) is 6.15. The number of thiazole rings is 1. The average molecular weight is 322 g/mol. The molecule has 0 aromatic carbocycles. The summed E-state index contributed by atoms with van der Waals surface area (Å²) in [6, 6.07) is 0.719. The van der Waals surface area contributed by atoms with Crippen LogP contribution in [0.15, 0.2) is 5.38 Å². The van der Waals surface area contributed by atoms with Crippen molar-refractivity contribution in [3.05, 3.63) is 16.1 Å². The van der Waals surface area contributed by atoms with Crippen LogP contribution >= 0.6 is 11.3 Å². The highest BCUT2D eigenvalue weighted by Crippen LogP contribution is 2.22. The molecule has 2 aliphatic rings. The molecule has 2 saturated heterocycles. The largest absolute Gasteiger partial charge is 0.330 e. The van der Waals surface area contributed by atoms with Crippen molar-refractivity contribution in [1.29, 1.82) is 0 Å². The molecule has 1 atom stereocenters. The van der Waals surface area contributed by atoms with Gasteiger partial charge in [-0.25, -0.2) is 9.78 Å². The van der Waals surface area contributed by atoms with Crippen molar-refractivity contribution in [1.82, 2.24) is 20.1 Å². The highest BCUT2D eigenvalue weighted by molar-refractivity contribution is 7.09. The van der Waals surface area contributed by atoms with E-state index in [1.165, 1.54) is 25.9 Å². The molecule has 0 spiro atoms. The summed E-state index contributed by atoms with van der Waals surface area (Å²) < 4.78 is 0. The Morgan fingerprint density at radius 2 is 2.00 bits per heavy atom. The van der Waals surface area contributed by atoms with E-state index in [4.69, 9.17) is 0 Å². The Morgan fingerprint density at radius 3 is 2.59 bits per heavy atom. The summed E-state index contributed by atoms with van der Waals surface area (Å²) in [6.45, 7) is 8.23. The lowest BCUT2D eigenvalue weighted by atomic mass is 10.0. The molecule has 122 valence electrons. The number of aromatic nitrogens is 1. The number of rotatable bonds is 3. The van der Waals surface area contributed by atoms with Gasteiger partial charge in [-0.1, -0.05) is 0 Å². The van der Waals surface area contributed by atoms with Gasteiger partial charge in [0.2, 0.25) is 0 Å². The third kappa shape index (κ3) is 3.60. The van der Waals surface area contributed by atoms with Gasteiger partial charge in [0.25, 0.3) is 0 Å². The predicted molar refractivity (Wildman–Crippen MR) is 89.2 cm³/mol. The number of nitrogens with one attached hydrogen (secondary N) is 1. The van der Waals surface area contributed by atoms with Gasteiger partial charge in [-0.2, -0.15) is 0 Å². The Morgan fingerprint density at radius 1 is 1.32 bits per heavy atom. The van der Waals surface area contributed by atoms with E-state index in [0.717, 1.165) is 36.6 Å². The van der Waals surface area contributed by atoms with Crippen LogP contribution in [0.4, 0.5) is 4.79 Å². The minimum atomic E-state index is -0.0197. The summed E-state index contributed by atoms with van der Waals surface area (Å²) in [4.78, 5) is 21.4. The number of hydrogen-bond donors (Lipinski definition) is 1. The monoisotopic (exact) mass is 322 g/mol. The summed E-state index contributed by atoms with van der Waals surface area (Å²) in [5.74, 6) is 0. The molecule has 3 rings (SSSR count). The molecule has 0 aliphatic carbocycles. The first-order chi connectivity index (χ1) is 10.6. The average Bonchev–Trinajstić information content (AvgIpc) is 3.18. The molecule has 2 amide bonds. The van der Waals surface area contributed by atoms with E-state index in [-0.39, 0.29) is 12.1 Å². The van der Waals surface area contributed by atoms with Gasteiger partial charge in [0.15, 0.2) is 0 Å². The second kappa shape index (κ2) is 6.96. The molecule has 1 aromatic rings. The number of carbonyl (C=O) groups is 1. The zero-order chi connectivity index (χ0) is 15.5. The molecule has 2 aliphatic heterocycles. The number of carbonyl (C=O) groups excluding carboxylic acids is 1. The third-order valence-corrected chi connectivity index (χ3v) is 5.62. The van der Waals surface area contributed by atoms with E-state index in [9.17, 15) is 4.79 Å². The smallest absolute Gasteiger partial charge is 0.317 e. The van der Waals surface area contributed by atoms with Gasteiger partial charge in [-0.05, 0) is 52.6 Å². The number of amides is 2. The molecule has 6 heteroatoms. The fourth-order valence-corrected chi connectivity index (χ4v) is 4.18. The zero-order valence-electron chi connectivity index (χ0n) is 13.5. The van der Waals surface area contributed by atoms with Crippen LogP contribution < -0.4 is 5.32 Å². The van der Waals surface area contributed by atoms with Crippen LogP contribution in [-0.4, -0.2) is 53.0 Å². The van der Waals surface area contributed by atoms with Gasteiger partial charge in [-0.15, -0.1) is 11.3 Å². The van der Waals surface area contributed by atoms with Crippen LogP contribution in [0, 0.1) is 6.92 Å². The first-order valence-electron chi connectivity index (χ1n) is 8.35. The maximum absolute atomic E-state index is 12.4. The van der Waals surface area contributed by atoms with Crippen LogP contribution in [0.2, 0.25) is 0 Å². The SMILES string of the molecule is Cc1nc([C@H](C)NC(=O)N2CCC(N3CCCC3)CC2)cs1. The maximum atomic E-state index is 12.4. The summed E-state index contributed by atoms with van der Waals surface area (Å²) >= 11 is 1.63. The van der Waals surface area contributed by atoms with Crippen molar-refractivity contribution in [2.75, 3.05) is 26.2 Å². The molecule has 1 aromatic heterocycles. The molecule has 3 heterocycles. The molecular weight excluding hydrogens is 296 g/mol. The van der Waals surface area contributed by atoms with Crippen molar-refractivity contribution in [2.24, 2.45) is 0 Å². The van der Waals surface area contributed by atoms with Crippen LogP contribution in [0.25, 0.3) is 0 Å². The van der Waals surface area contributed by atoms with Gasteiger partial charge < -0.3 is 15.1 Å². The van der Waals surface area contributed by atoms with E-state index in [1.807, 2.05) is 24.1 Å². The summed E-state index contributed by atoms with van der Waals surface area (Å²) in [6.07, 6.45) is 4.89. The molecule has 0 bridgehead atoms. The number of nitrogens with zero attached hydrogens (tertiary/aromatic N) is 3. The summed E-state index contributed by atoms with van der Waals surface area (Å²) in [7, 11) is 0. The van der Waals surface area contributed by atoms with E-state index in [2.05, 4.69) is 15.2 Å². The molecule has 0 unspecified atom stereocenters. The summed E-state index contributed by atoms with van der Waals surface area (Å²) in [5.41, 5.74) is 0.961. The van der Waals surface area contributed by atoms with Gasteiger partial charge in [0, 0.05) is 24.5 Å². The lowest BCUT2D eigenvalue weighted by Gasteiger charge is -2.37. The molecule has 5 nitrogen and oxygen atoms in total. The molecule has 22 heavy (non-hydrogen) atoms. The van der Waals surface area contributed by atoms with Crippen molar-refractivity contribution in [3.63, 3.8) is 0 Å². The van der Waals surface area contributed by atoms with Crippen molar-refractivity contribution in [3.8, 4) is 0 Å². The Bertz CT molecular complexity index is 504. The lowest BCUT2D eigenvalue weighted by molar-refractivity contribution is 0.132. The number of aryl methyl sites for hydroxylation is 1. The van der Waals surface area contributed by atoms with E-state index >= 15 is 0 Å². The Hall–Kier alpha value is -1.14. The quantitative estimate of drug-likeness (QED) is 0.931. The molecule has 0 saturated carbocycles. The first kappa shape index (κ1) is 15.7. The minimum Gasteiger partial charge on any atom is -0.330 e. The Labute approximate surface area is 136 Å². The van der Waals surface area contributed by atoms with Crippen molar-refractivity contribution in [2.45, 2.75) is 51.6 Å². The van der Waals surface area contributed by atoms with E-state index in [0.29, 0.717) is 6.04 Å². The van der Waals surface area contributed by atoms with Gasteiger partial charge >= 0.3 is 6.03 Å². The van der Waals surface area contributed by atoms with E-state index < -0.39 is 0 Å². The van der Waals surface area contributed by atoms with Crippen LogP contribution in [0.5, 0.6) is 0 Å². The fraction of sp³-hybridized carbons (Fsp3) is 0.750. The molecule has 2 fully saturated rings. The number of piperidine rings is 1. The van der Waals surface area contributed by atoms with E-state index in [1.54, 1.807) is 11.3 Å². The topological polar surface area (TPSA) is 48.5 Å². The fourth-order valence-electron chi connectivity index (χ4n) is 3.47. The van der Waals surface area contributed by atoms with Gasteiger partial charge in [0.05, 0.1) is 16.7 Å². The molecular formula is C16H26N4OS. The first-order valence-corrected chi connectivity index (χ1v) is 9.23. The predicted octanol–water partition coefficient (Wildman–Crippen LogP) is 2.78. The number of urea groups is 1. The molecule has 0 radical (unpaired) electrons. The maximum Gasteiger partial charge on any atom is 0.317 e. The van der Waals surface area contributed by atoms with Gasteiger partial charge in [0.1, 0.15) is 0 Å². The second-order valence-electron chi connectivity index (χ2n) is 6.42. The van der Waals surface area contributed by atoms with Crippen LogP contribution in [0.1, 0.15) is 49.4 Å². The van der Waals surface area contributed by atoms with Gasteiger partial charge in [-0.3, -0.25) is 0 Å². The molecule has 1 N–H and O–H groups in total. The minimum absolute atomic E-state index is 0.0197. The number of hydrogen-bond acceptors (Lipinski definition) is 4. The third-order valence-electron chi connectivity index (χ3n) is 4.83. The highest BCUT2D eigenvalue weighted by Gasteiger charge is 2.28. The normalized spacial score (nSPS) is 22.0. The van der Waals surface area contributed by atoms with Crippen molar-refractivity contribution >= 4 is 17.4 Å². The lowest BCUT2D eigenvalue weighted by Crippen LogP contribution is -2.49. The standard InChI is InChI=1S/C16H26N4OS/c1-12(15-11-22-13(2)18-15)17-16(21)20-9-5-14(6-10-20)19-7-3-4-8-19/h11-12,14H,3-10H2,1-2H3,(H,17,21)/t12-/m0/s1. The number of likely N-dealkylation sites (tertiary alicyclic amines) is 2. The van der Waals surface area contributed by atoms with Crippen LogP contribution in [-0.2, 0) is 0 Å².